The topological polar surface area (TPSA) is 272 Å². The zero-order valence-corrected chi connectivity index (χ0v) is 78.2. The molecule has 6 aliphatic rings. The summed E-state index contributed by atoms with van der Waals surface area (Å²) in [6.07, 6.45) is 20.7. The summed E-state index contributed by atoms with van der Waals surface area (Å²) in [6.45, 7) is 20.8. The number of aldehydes is 1. The van der Waals surface area contributed by atoms with Crippen LogP contribution >= 0.6 is 22.7 Å². The Morgan fingerprint density at radius 1 is 0.527 bits per heavy atom. The minimum atomic E-state index is -0.732. The van der Waals surface area contributed by atoms with Crippen LogP contribution in [0.3, 0.4) is 0 Å². The zero-order chi connectivity index (χ0) is 91.2. The average molecular weight is 1800 g/mol. The van der Waals surface area contributed by atoms with Gasteiger partial charge in [-0.05, 0) is 305 Å². The Morgan fingerprint density at radius 2 is 1.03 bits per heavy atom. The largest absolute Gasteiger partial charge is 0.490 e. The van der Waals surface area contributed by atoms with Gasteiger partial charge < -0.3 is 38.4 Å². The van der Waals surface area contributed by atoms with Crippen LogP contribution in [0.4, 0.5) is 21.9 Å². The molecule has 4 amide bonds. The van der Waals surface area contributed by atoms with Crippen molar-refractivity contribution in [1.29, 1.82) is 0 Å². The maximum atomic E-state index is 14.1. The molecular weight excluding hydrogens is 1680 g/mol. The fourth-order valence-corrected chi connectivity index (χ4v) is 21.7. The van der Waals surface area contributed by atoms with Gasteiger partial charge in [0, 0.05) is 80.3 Å². The Bertz CT molecular complexity index is 6200. The third kappa shape index (κ3) is 21.3. The molecule has 4 fully saturated rings. The third-order valence-corrected chi connectivity index (χ3v) is 28.6. The standard InChI is InChI=1S/C62H70N8O6S.C44H48N4O5S/c1-38-43(45-28-30-53(64-56(45)60(74)76-62(2,3)4)70-35-32-40-15-10-19-46(49(40)37-70)58(72)66-61-63-50-21-6-7-23-52(50)77-61)17-12-22-51(38)75-42-26-24-39(25-27-42)14-8-9-33-69-34-13-16-41(36-69)44-18-11-20-47-55(67-68(5)57(44)47)48-29-31-54(71)65-59(48)73;1-28-32(13-10-16-37(28)52-31-20-18-29(19-21-31)11-7-8-26-49)33-22-23-39(46-40(33)42(51)53-44(2,3)4)48-25-24-30-12-9-14-34(35(30)27-48)41(50)47-43-45-36-15-5-6-17-38(36)54-43/h6-7,10-12,15,17-23,28,30,39,41-42,48H,8-9,13-14,16,24-27,29,31-37H2,1-5H3,(H,63,66,72)(H,65,71,73);5-6,9-10,12-17,22-23,26,29,31H,7-8,11,18-21,24-25,27H2,1-4H3,(H,45,47,50)/t39?,41-,42?,48?;/m0./s1. The number of likely N-dealkylation sites (tertiary alicyclic amines) is 1. The molecule has 0 radical (unpaired) electrons. The summed E-state index contributed by atoms with van der Waals surface area (Å²) in [5, 5.41) is 15.6. The Morgan fingerprint density at radius 3 is 1.53 bits per heavy atom. The van der Waals surface area contributed by atoms with E-state index >= 15 is 0 Å². The smallest absolute Gasteiger partial charge is 0.358 e. The summed E-state index contributed by atoms with van der Waals surface area (Å²) in [5.74, 6) is 2.41. The monoisotopic (exact) mass is 1800 g/mol. The van der Waals surface area contributed by atoms with Gasteiger partial charge in [0.15, 0.2) is 21.7 Å². The van der Waals surface area contributed by atoms with E-state index in [0.717, 1.165) is 209 Å². The van der Waals surface area contributed by atoms with Crippen molar-refractivity contribution in [3.8, 4) is 33.8 Å². The highest BCUT2D eigenvalue weighted by atomic mass is 32.1. The van der Waals surface area contributed by atoms with E-state index in [9.17, 15) is 33.6 Å². The lowest BCUT2D eigenvalue weighted by Gasteiger charge is -2.33. The van der Waals surface area contributed by atoms with Crippen molar-refractivity contribution in [1.82, 2.24) is 39.9 Å². The first-order valence-corrected chi connectivity index (χ1v) is 48.4. The number of anilines is 4. The van der Waals surface area contributed by atoms with E-state index in [1.807, 2.05) is 194 Å². The SMILES string of the molecule is Cc1c(OC2CCC(CCCC=O)CC2)cccc1-c1ccc(N2CCc3cccc(C(=O)Nc4nc5ccccc5s4)c3C2)nc1C(=O)OC(C)(C)C.Cc1c(OC2CCC(CCCCN3CCC[C@H](c4cccc5c(C6CCC(=O)NC6=O)nn(C)c45)C3)CC2)cccc1-c1ccc(N2CCc3cccc(C(=O)Nc4nc5ccccc5s4)c3C2)nc1C(=O)OC(C)(C)C. The minimum absolute atomic E-state index is 0.121. The first-order valence-electron chi connectivity index (χ1n) is 46.8. The number of esters is 2. The van der Waals surface area contributed by atoms with Crippen molar-refractivity contribution < 1.29 is 52.5 Å². The van der Waals surface area contributed by atoms with Crippen molar-refractivity contribution >= 4 is 118 Å². The molecule has 12 aromatic rings. The second-order valence-corrected chi connectivity index (χ2v) is 40.2. The number of rotatable bonds is 25. The molecule has 131 heavy (non-hydrogen) atoms. The fraction of sp³-hybridized carbons (Fsp3) is 0.415. The number of benzene rings is 7. The lowest BCUT2D eigenvalue weighted by molar-refractivity contribution is -0.134. The maximum absolute atomic E-state index is 14.1. The zero-order valence-electron chi connectivity index (χ0n) is 76.6. The number of carbonyl (C=O) groups excluding carboxylic acids is 7. The van der Waals surface area contributed by atoms with Crippen molar-refractivity contribution in [3.63, 3.8) is 0 Å². The number of aromatic nitrogens is 6. The predicted molar refractivity (Wildman–Crippen MR) is 517 cm³/mol. The normalized spacial score (nSPS) is 19.0. The van der Waals surface area contributed by atoms with Gasteiger partial charge in [0.1, 0.15) is 40.6 Å². The molecule has 1 unspecified atom stereocenters. The number of ether oxygens (including phenoxy) is 4. The number of nitrogens with one attached hydrogen (secondary N) is 3. The van der Waals surface area contributed by atoms with E-state index in [1.54, 1.807) is 0 Å². The van der Waals surface area contributed by atoms with Crippen molar-refractivity contribution in [2.24, 2.45) is 18.9 Å². The van der Waals surface area contributed by atoms with E-state index in [0.29, 0.717) is 107 Å². The highest BCUT2D eigenvalue weighted by Crippen LogP contribution is 2.44. The number of thiazole rings is 2. The van der Waals surface area contributed by atoms with Crippen LogP contribution in [0.15, 0.2) is 164 Å². The first-order chi connectivity index (χ1) is 63.3. The van der Waals surface area contributed by atoms with E-state index in [2.05, 4.69) is 77.9 Å². The molecule has 4 aliphatic heterocycles. The third-order valence-electron chi connectivity index (χ3n) is 26.7. The Kier molecular flexibility index (Phi) is 27.7. The lowest BCUT2D eigenvalue weighted by Crippen LogP contribution is -2.39. The van der Waals surface area contributed by atoms with Crippen LogP contribution in [0, 0.1) is 25.7 Å². The number of imide groups is 1. The molecule has 0 bridgehead atoms. The Hall–Kier alpha value is -12.1. The van der Waals surface area contributed by atoms with Crippen LogP contribution in [0.2, 0.25) is 0 Å². The quantitative estimate of drug-likeness (QED) is 0.0208. The van der Waals surface area contributed by atoms with Crippen molar-refractivity contribution in [2.75, 3.05) is 53.2 Å². The first kappa shape index (κ1) is 90.9. The molecule has 0 spiro atoms. The number of hydrogen-bond donors (Lipinski definition) is 3. The van der Waals surface area contributed by atoms with Crippen LogP contribution in [-0.4, -0.2) is 133 Å². The molecule has 9 heterocycles. The van der Waals surface area contributed by atoms with Crippen molar-refractivity contribution in [2.45, 2.75) is 232 Å². The van der Waals surface area contributed by atoms with Gasteiger partial charge in [-0.25, -0.2) is 29.5 Å². The number of unbranched alkanes of at least 4 members (excludes halogenated alkanes) is 2. The number of fused-ring (bicyclic) bond motifs is 5. The molecular formula is C106H118N12O11S2. The fourth-order valence-electron chi connectivity index (χ4n) is 20.0. The molecule has 2 atom stereocenters. The number of pyridine rings is 2. The maximum Gasteiger partial charge on any atom is 0.358 e. The van der Waals surface area contributed by atoms with Gasteiger partial charge in [0.2, 0.25) is 11.8 Å². The lowest BCUT2D eigenvalue weighted by atomic mass is 9.84. The number of carbonyl (C=O) groups is 7. The highest BCUT2D eigenvalue weighted by Gasteiger charge is 2.37. The predicted octanol–water partition coefficient (Wildman–Crippen LogP) is 21.6. The molecule has 3 N–H and O–H groups in total. The summed E-state index contributed by atoms with van der Waals surface area (Å²) in [7, 11) is 1.98. The van der Waals surface area contributed by atoms with Crippen LogP contribution in [0.25, 0.3) is 53.6 Å². The molecule has 680 valence electrons. The van der Waals surface area contributed by atoms with Gasteiger partial charge in [-0.15, -0.1) is 0 Å². The molecule has 2 saturated heterocycles. The molecule has 2 saturated carbocycles. The van der Waals surface area contributed by atoms with E-state index in [4.69, 9.17) is 34.0 Å². The molecule has 5 aromatic heterocycles. The highest BCUT2D eigenvalue weighted by molar-refractivity contribution is 7.22. The number of piperidine rings is 2. The van der Waals surface area contributed by atoms with Gasteiger partial charge in [-0.2, -0.15) is 5.10 Å². The molecule has 18 rings (SSSR count). The summed E-state index contributed by atoms with van der Waals surface area (Å²) in [6, 6.07) is 53.8. The molecule has 2 aliphatic carbocycles. The van der Waals surface area contributed by atoms with Gasteiger partial charge in [-0.3, -0.25) is 39.8 Å². The van der Waals surface area contributed by atoms with Gasteiger partial charge in [-0.1, -0.05) is 133 Å². The minimum Gasteiger partial charge on any atom is -0.490 e. The number of para-hydroxylation sites is 3. The number of amides is 4. The molecule has 25 heteroatoms. The summed E-state index contributed by atoms with van der Waals surface area (Å²) in [5.41, 5.74) is 14.2. The number of nitrogens with zero attached hydrogens (tertiary/aromatic N) is 9. The second kappa shape index (κ2) is 39.9. The molecule has 23 nitrogen and oxygen atoms in total. The Balaban J connectivity index is 0.000000195. The van der Waals surface area contributed by atoms with Crippen LogP contribution in [-0.2, 0) is 56.8 Å². The van der Waals surface area contributed by atoms with Crippen LogP contribution < -0.4 is 35.2 Å². The van der Waals surface area contributed by atoms with Crippen molar-refractivity contribution in [3.05, 3.63) is 231 Å². The van der Waals surface area contributed by atoms with E-state index < -0.39 is 29.1 Å². The Labute approximate surface area is 774 Å². The van der Waals surface area contributed by atoms with Gasteiger partial charge in [0.05, 0.1) is 49.8 Å². The summed E-state index contributed by atoms with van der Waals surface area (Å²) in [4.78, 5) is 117. The van der Waals surface area contributed by atoms with Gasteiger partial charge in [0.25, 0.3) is 11.8 Å². The molecule has 7 aromatic carbocycles. The second-order valence-electron chi connectivity index (χ2n) is 38.1. The average Bonchev–Trinajstić information content (AvgIpc) is 1.68. The van der Waals surface area contributed by atoms with Gasteiger partial charge >= 0.3 is 11.9 Å². The van der Waals surface area contributed by atoms with Crippen LogP contribution in [0.5, 0.6) is 11.5 Å². The van der Waals surface area contributed by atoms with E-state index in [-0.39, 0.29) is 47.2 Å². The van der Waals surface area contributed by atoms with Crippen LogP contribution in [0.1, 0.15) is 255 Å². The number of hydrogen-bond acceptors (Lipinski definition) is 21. The summed E-state index contributed by atoms with van der Waals surface area (Å²) >= 11 is 2.91. The summed E-state index contributed by atoms with van der Waals surface area (Å²) < 4.78 is 29.3. The van der Waals surface area contributed by atoms with E-state index in [1.165, 1.54) is 47.5 Å². The number of aryl methyl sites for hydroxylation is 1.